The van der Waals surface area contributed by atoms with E-state index in [0.29, 0.717) is 55.9 Å². The van der Waals surface area contributed by atoms with E-state index in [1.807, 2.05) is 94.1 Å². The first kappa shape index (κ1) is 37.3. The molecule has 290 valence electrons. The number of aromatic nitrogens is 3. The number of rotatable bonds is 5. The van der Waals surface area contributed by atoms with E-state index in [-0.39, 0.29) is 0 Å². The van der Waals surface area contributed by atoms with Crippen LogP contribution < -0.4 is 0 Å². The summed E-state index contributed by atoms with van der Waals surface area (Å²) >= 11 is 0. The topological polar surface area (TPSA) is 118 Å². The maximum Gasteiger partial charge on any atom is 0.416 e. The third-order valence-corrected chi connectivity index (χ3v) is 11.3. The van der Waals surface area contributed by atoms with E-state index in [1.165, 1.54) is 18.2 Å². The Hall–Kier alpha value is -8.96. The van der Waals surface area contributed by atoms with Gasteiger partial charge in [0.05, 0.1) is 91.7 Å². The third kappa shape index (κ3) is 6.08. The summed E-state index contributed by atoms with van der Waals surface area (Å²) in [6, 6.07) is 51.2. The van der Waals surface area contributed by atoms with E-state index in [9.17, 15) is 34.2 Å². The SMILES string of the molecule is N#Cc1cc(C#N)cc(-c2ccc3c(c2)c2ccccc2n3-c2ccc(C(F)(F)F)cc2-c2ccncc2-n2c3ccccc3c3cc(-c4cc(C#N)cc(C#N)c4)ccc32)c1. The quantitative estimate of drug-likeness (QED) is 0.172. The number of hydrogen-bond donors (Lipinski definition) is 0. The van der Waals surface area contributed by atoms with Gasteiger partial charge in [-0.3, -0.25) is 4.98 Å². The molecular formula is C52H26F3N7. The van der Waals surface area contributed by atoms with Crippen LogP contribution in [0.5, 0.6) is 0 Å². The molecule has 3 heterocycles. The van der Waals surface area contributed by atoms with Crippen LogP contribution in [0.25, 0.3) is 88.4 Å². The van der Waals surface area contributed by atoms with Crippen LogP contribution in [0.3, 0.4) is 0 Å². The van der Waals surface area contributed by atoms with Crippen molar-refractivity contribution >= 4 is 43.6 Å². The Bertz CT molecular complexity index is 3630. The van der Waals surface area contributed by atoms with Gasteiger partial charge < -0.3 is 9.13 Å². The van der Waals surface area contributed by atoms with E-state index in [0.717, 1.165) is 60.8 Å². The minimum Gasteiger partial charge on any atom is -0.309 e. The van der Waals surface area contributed by atoms with Crippen molar-refractivity contribution in [1.82, 2.24) is 14.1 Å². The van der Waals surface area contributed by atoms with E-state index in [1.54, 1.807) is 48.8 Å². The van der Waals surface area contributed by atoms with Crippen molar-refractivity contribution in [3.63, 3.8) is 0 Å². The van der Waals surface area contributed by atoms with Crippen LogP contribution in [0.1, 0.15) is 27.8 Å². The number of benzene rings is 7. The molecule has 0 aliphatic rings. The number of pyridine rings is 1. The Morgan fingerprint density at radius 2 is 0.887 bits per heavy atom. The molecule has 0 N–H and O–H groups in total. The zero-order valence-corrected chi connectivity index (χ0v) is 32.3. The van der Waals surface area contributed by atoms with Crippen molar-refractivity contribution in [3.05, 3.63) is 186 Å². The number of nitrogens with zero attached hydrogens (tertiary/aromatic N) is 7. The number of para-hydroxylation sites is 2. The molecule has 10 heteroatoms. The lowest BCUT2D eigenvalue weighted by molar-refractivity contribution is -0.137. The lowest BCUT2D eigenvalue weighted by Crippen LogP contribution is -2.08. The second kappa shape index (κ2) is 14.4. The summed E-state index contributed by atoms with van der Waals surface area (Å²) in [5.74, 6) is 0. The molecule has 0 atom stereocenters. The molecule has 0 saturated heterocycles. The first-order valence-electron chi connectivity index (χ1n) is 19.3. The predicted molar refractivity (Wildman–Crippen MR) is 233 cm³/mol. The fourth-order valence-electron chi connectivity index (χ4n) is 8.59. The Labute approximate surface area is 351 Å². The van der Waals surface area contributed by atoms with Crippen molar-refractivity contribution in [2.75, 3.05) is 0 Å². The number of fused-ring (bicyclic) bond motifs is 6. The molecule has 0 aliphatic heterocycles. The summed E-state index contributed by atoms with van der Waals surface area (Å²) in [7, 11) is 0. The average Bonchev–Trinajstić information content (AvgIpc) is 3.82. The number of alkyl halides is 3. The van der Waals surface area contributed by atoms with E-state index < -0.39 is 11.7 Å². The second-order valence-corrected chi connectivity index (χ2v) is 14.8. The molecule has 0 bridgehead atoms. The van der Waals surface area contributed by atoms with Gasteiger partial charge in [0, 0.05) is 38.9 Å². The van der Waals surface area contributed by atoms with Gasteiger partial charge in [0.1, 0.15) is 0 Å². The van der Waals surface area contributed by atoms with Crippen LogP contribution in [0, 0.1) is 45.3 Å². The summed E-state index contributed by atoms with van der Waals surface area (Å²) in [5.41, 5.74) is 8.57. The van der Waals surface area contributed by atoms with Gasteiger partial charge in [-0.1, -0.05) is 48.5 Å². The third-order valence-electron chi connectivity index (χ3n) is 11.3. The zero-order valence-electron chi connectivity index (χ0n) is 32.3. The Kier molecular flexibility index (Phi) is 8.67. The second-order valence-electron chi connectivity index (χ2n) is 14.8. The molecular weight excluding hydrogens is 780 g/mol. The Morgan fingerprint density at radius 3 is 1.37 bits per heavy atom. The molecule has 0 fully saturated rings. The fourth-order valence-corrected chi connectivity index (χ4v) is 8.59. The first-order valence-corrected chi connectivity index (χ1v) is 19.3. The van der Waals surface area contributed by atoms with Crippen molar-refractivity contribution in [1.29, 1.82) is 21.0 Å². The van der Waals surface area contributed by atoms with Crippen molar-refractivity contribution in [2.45, 2.75) is 6.18 Å². The monoisotopic (exact) mass is 805 g/mol. The molecule has 7 aromatic carbocycles. The minimum atomic E-state index is -4.64. The van der Waals surface area contributed by atoms with Crippen molar-refractivity contribution < 1.29 is 13.2 Å². The van der Waals surface area contributed by atoms with E-state index >= 15 is 0 Å². The maximum absolute atomic E-state index is 14.7. The molecule has 3 aromatic heterocycles. The summed E-state index contributed by atoms with van der Waals surface area (Å²) in [6.07, 6.45) is -1.40. The van der Waals surface area contributed by atoms with Gasteiger partial charge in [0.25, 0.3) is 0 Å². The summed E-state index contributed by atoms with van der Waals surface area (Å²) in [6.45, 7) is 0. The van der Waals surface area contributed by atoms with Gasteiger partial charge in [0.2, 0.25) is 0 Å². The Balaban J connectivity index is 1.22. The highest BCUT2D eigenvalue weighted by Gasteiger charge is 2.32. The van der Waals surface area contributed by atoms with E-state index in [2.05, 4.69) is 29.3 Å². The smallest absolute Gasteiger partial charge is 0.309 e. The normalized spacial score (nSPS) is 11.4. The average molecular weight is 806 g/mol. The minimum absolute atomic E-state index is 0.323. The van der Waals surface area contributed by atoms with Gasteiger partial charge in [-0.15, -0.1) is 0 Å². The highest BCUT2D eigenvalue weighted by molar-refractivity contribution is 6.12. The number of nitriles is 4. The standard InChI is InChI=1S/C52H26F3N7/c53-52(54,55)39-11-14-50(61-46-7-3-1-5-40(46)43-23-35(9-12-48(43)61)37-19-31(26-56)17-32(20-37)27-57)45(25-39)42-15-16-60-30-51(42)62-47-8-4-2-6-41(47)44-24-36(10-13-49(44)62)38-21-33(28-58)18-34(22-38)29-59/h1-25,30H. The van der Waals surface area contributed by atoms with Crippen LogP contribution in [0.2, 0.25) is 0 Å². The fraction of sp³-hybridized carbons (Fsp3) is 0.0192. The highest BCUT2D eigenvalue weighted by Crippen LogP contribution is 2.44. The molecule has 0 radical (unpaired) electrons. The van der Waals surface area contributed by atoms with Gasteiger partial charge >= 0.3 is 6.18 Å². The molecule has 10 aromatic rings. The Morgan fingerprint density at radius 1 is 0.419 bits per heavy atom. The van der Waals surface area contributed by atoms with Crippen LogP contribution in [-0.2, 0) is 6.18 Å². The van der Waals surface area contributed by atoms with Crippen LogP contribution >= 0.6 is 0 Å². The van der Waals surface area contributed by atoms with Crippen LogP contribution in [-0.4, -0.2) is 14.1 Å². The van der Waals surface area contributed by atoms with Crippen molar-refractivity contribution in [3.8, 4) is 69.0 Å². The summed E-state index contributed by atoms with van der Waals surface area (Å²) in [4.78, 5) is 4.52. The highest BCUT2D eigenvalue weighted by atomic mass is 19.4. The van der Waals surface area contributed by atoms with Gasteiger partial charge in [0.15, 0.2) is 0 Å². The lowest BCUT2D eigenvalue weighted by Gasteiger charge is -2.20. The number of halogens is 3. The molecule has 10 rings (SSSR count). The zero-order chi connectivity index (χ0) is 42.7. The lowest BCUT2D eigenvalue weighted by atomic mass is 9.98. The molecule has 0 saturated carbocycles. The van der Waals surface area contributed by atoms with E-state index in [4.69, 9.17) is 0 Å². The molecule has 62 heavy (non-hydrogen) atoms. The molecule has 0 amide bonds. The van der Waals surface area contributed by atoms with Crippen molar-refractivity contribution in [2.24, 2.45) is 0 Å². The maximum atomic E-state index is 14.7. The first-order chi connectivity index (χ1) is 30.2. The summed E-state index contributed by atoms with van der Waals surface area (Å²) in [5, 5.41) is 42.1. The van der Waals surface area contributed by atoms with Gasteiger partial charge in [-0.25, -0.2) is 0 Å². The van der Waals surface area contributed by atoms with Gasteiger partial charge in [-0.2, -0.15) is 34.2 Å². The van der Waals surface area contributed by atoms with Crippen LogP contribution in [0.15, 0.2) is 158 Å². The largest absolute Gasteiger partial charge is 0.416 e. The number of hydrogen-bond acceptors (Lipinski definition) is 5. The molecule has 7 nitrogen and oxygen atoms in total. The van der Waals surface area contributed by atoms with Crippen LogP contribution in [0.4, 0.5) is 13.2 Å². The molecule has 0 spiro atoms. The molecule has 0 aliphatic carbocycles. The molecule has 0 unspecified atom stereocenters. The summed E-state index contributed by atoms with van der Waals surface area (Å²) < 4.78 is 48.2. The van der Waals surface area contributed by atoms with Gasteiger partial charge in [-0.05, 0) is 119 Å². The predicted octanol–water partition coefficient (Wildman–Crippen LogP) is 12.8.